The topological polar surface area (TPSA) is 90.7 Å². The minimum atomic E-state index is -0.403. The molecule has 0 spiro atoms. The average molecular weight is 242 g/mol. The van der Waals surface area contributed by atoms with Crippen molar-refractivity contribution >= 4 is 11.9 Å². The van der Waals surface area contributed by atoms with Crippen LogP contribution in [0.5, 0.6) is 0 Å². The lowest BCUT2D eigenvalue weighted by Gasteiger charge is -2.00. The van der Waals surface area contributed by atoms with Crippen LogP contribution in [0.2, 0.25) is 0 Å². The van der Waals surface area contributed by atoms with Crippen molar-refractivity contribution in [1.82, 2.24) is 10.5 Å². The van der Waals surface area contributed by atoms with Crippen molar-refractivity contribution in [3.8, 4) is 0 Å². The molecular formula is C10H14N2O5. The minimum Gasteiger partial charge on any atom is -0.469 e. The highest BCUT2D eigenvalue weighted by atomic mass is 16.5. The molecule has 0 aliphatic rings. The summed E-state index contributed by atoms with van der Waals surface area (Å²) in [5.74, 6) is -0.323. The van der Waals surface area contributed by atoms with E-state index in [0.29, 0.717) is 5.76 Å². The van der Waals surface area contributed by atoms with Gasteiger partial charge >= 0.3 is 5.97 Å². The lowest BCUT2D eigenvalue weighted by Crippen LogP contribution is -2.26. The van der Waals surface area contributed by atoms with Crippen LogP contribution in [0.4, 0.5) is 0 Å². The van der Waals surface area contributed by atoms with E-state index in [1.54, 1.807) is 0 Å². The second-order valence-electron chi connectivity index (χ2n) is 3.19. The molecule has 7 heteroatoms. The first-order valence-corrected chi connectivity index (χ1v) is 4.97. The number of esters is 1. The highest BCUT2D eigenvalue weighted by Crippen LogP contribution is 2.04. The van der Waals surface area contributed by atoms with Crippen molar-refractivity contribution in [2.24, 2.45) is 0 Å². The van der Waals surface area contributed by atoms with Crippen molar-refractivity contribution in [2.75, 3.05) is 20.8 Å². The third-order valence-corrected chi connectivity index (χ3v) is 1.92. The van der Waals surface area contributed by atoms with Crippen LogP contribution in [0.25, 0.3) is 0 Å². The van der Waals surface area contributed by atoms with Crippen LogP contribution < -0.4 is 5.32 Å². The average Bonchev–Trinajstić information content (AvgIpc) is 2.78. The van der Waals surface area contributed by atoms with Gasteiger partial charge in [0.05, 0.1) is 13.5 Å². The van der Waals surface area contributed by atoms with Gasteiger partial charge in [-0.3, -0.25) is 9.59 Å². The van der Waals surface area contributed by atoms with Crippen molar-refractivity contribution in [3.63, 3.8) is 0 Å². The lowest BCUT2D eigenvalue weighted by atomic mass is 10.3. The quantitative estimate of drug-likeness (QED) is 0.712. The summed E-state index contributed by atoms with van der Waals surface area (Å²) in [6.07, 6.45) is 0.116. The summed E-state index contributed by atoms with van der Waals surface area (Å²) in [5, 5.41) is 6.09. The Morgan fingerprint density at radius 2 is 2.24 bits per heavy atom. The van der Waals surface area contributed by atoms with Crippen LogP contribution in [-0.4, -0.2) is 37.8 Å². The normalized spacial score (nSPS) is 10.0. The van der Waals surface area contributed by atoms with Crippen LogP contribution in [0.1, 0.15) is 22.7 Å². The molecule has 0 atom stereocenters. The zero-order valence-corrected chi connectivity index (χ0v) is 9.69. The predicted octanol–water partition coefficient (Wildman–Crippen LogP) is 0.114. The first-order chi connectivity index (χ1) is 8.17. The van der Waals surface area contributed by atoms with Crippen molar-refractivity contribution < 1.29 is 23.6 Å². The Hall–Kier alpha value is -1.89. The van der Waals surface area contributed by atoms with Gasteiger partial charge in [-0.05, 0) is 0 Å². The van der Waals surface area contributed by atoms with Gasteiger partial charge in [0.15, 0.2) is 11.5 Å². The Morgan fingerprint density at radius 3 is 2.88 bits per heavy atom. The fraction of sp³-hybridized carbons (Fsp3) is 0.500. The summed E-state index contributed by atoms with van der Waals surface area (Å²) >= 11 is 0. The molecule has 1 amide bonds. The monoisotopic (exact) mass is 242 g/mol. The molecule has 7 nitrogen and oxygen atoms in total. The molecule has 0 saturated carbocycles. The second-order valence-corrected chi connectivity index (χ2v) is 3.19. The van der Waals surface area contributed by atoms with Crippen LogP contribution in [0, 0.1) is 0 Å². The zero-order valence-electron chi connectivity index (χ0n) is 9.69. The minimum absolute atomic E-state index is 0.116. The van der Waals surface area contributed by atoms with Gasteiger partial charge in [0.2, 0.25) is 0 Å². The van der Waals surface area contributed by atoms with Crippen LogP contribution >= 0.6 is 0 Å². The maximum Gasteiger partial charge on any atom is 0.307 e. The number of ether oxygens (including phenoxy) is 2. The maximum absolute atomic E-state index is 11.5. The van der Waals surface area contributed by atoms with Gasteiger partial charge in [-0.25, -0.2) is 0 Å². The maximum atomic E-state index is 11.5. The number of carbonyl (C=O) groups excluding carboxylic acids is 2. The molecule has 0 unspecified atom stereocenters. The summed E-state index contributed by atoms with van der Waals surface area (Å²) in [7, 11) is 2.80. The standard InChI is InChI=1S/C10H14N2O5/c1-15-6-7-5-8(12-17-7)10(14)11-4-3-9(13)16-2/h5H,3-4,6H2,1-2H3,(H,11,14). The Kier molecular flexibility index (Phi) is 5.15. The van der Waals surface area contributed by atoms with Gasteiger partial charge in [0, 0.05) is 19.7 Å². The highest BCUT2D eigenvalue weighted by Gasteiger charge is 2.12. The third kappa shape index (κ3) is 4.23. The lowest BCUT2D eigenvalue weighted by molar-refractivity contribution is -0.140. The molecule has 17 heavy (non-hydrogen) atoms. The van der Waals surface area contributed by atoms with Crippen LogP contribution in [0.3, 0.4) is 0 Å². The van der Waals surface area contributed by atoms with Crippen molar-refractivity contribution in [3.05, 3.63) is 17.5 Å². The molecule has 0 aliphatic heterocycles. The predicted molar refractivity (Wildman–Crippen MR) is 56.2 cm³/mol. The van der Waals surface area contributed by atoms with E-state index in [0.717, 1.165) is 0 Å². The summed E-state index contributed by atoms with van der Waals surface area (Å²) in [6.45, 7) is 0.445. The van der Waals surface area contributed by atoms with E-state index in [4.69, 9.17) is 9.26 Å². The summed E-state index contributed by atoms with van der Waals surface area (Å²) in [5.41, 5.74) is 0.155. The molecule has 1 rings (SSSR count). The molecule has 1 aromatic heterocycles. The Balaban J connectivity index is 2.38. The molecule has 1 N–H and O–H groups in total. The fourth-order valence-corrected chi connectivity index (χ4v) is 1.10. The number of nitrogens with zero attached hydrogens (tertiary/aromatic N) is 1. The van der Waals surface area contributed by atoms with Crippen molar-refractivity contribution in [2.45, 2.75) is 13.0 Å². The van der Waals surface area contributed by atoms with Crippen LogP contribution in [-0.2, 0) is 20.9 Å². The van der Waals surface area contributed by atoms with E-state index in [-0.39, 0.29) is 31.2 Å². The Labute approximate surface area is 98.1 Å². The molecule has 0 aliphatic carbocycles. The number of carbonyl (C=O) groups is 2. The van der Waals surface area contributed by atoms with E-state index in [1.165, 1.54) is 20.3 Å². The molecule has 94 valence electrons. The molecule has 0 fully saturated rings. The number of rotatable bonds is 6. The van der Waals surface area contributed by atoms with Gasteiger partial charge in [-0.1, -0.05) is 5.16 Å². The SMILES string of the molecule is COCc1cc(C(=O)NCCC(=O)OC)no1. The van der Waals surface area contributed by atoms with Gasteiger partial charge in [-0.15, -0.1) is 0 Å². The molecule has 0 saturated heterocycles. The number of amides is 1. The second kappa shape index (κ2) is 6.64. The van der Waals surface area contributed by atoms with Crippen molar-refractivity contribution in [1.29, 1.82) is 0 Å². The molecule has 1 aromatic rings. The van der Waals surface area contributed by atoms with E-state index in [9.17, 15) is 9.59 Å². The third-order valence-electron chi connectivity index (χ3n) is 1.92. The van der Waals surface area contributed by atoms with E-state index >= 15 is 0 Å². The number of hydrogen-bond acceptors (Lipinski definition) is 6. The summed E-state index contributed by atoms with van der Waals surface area (Å²) in [4.78, 5) is 22.3. The van der Waals surface area contributed by atoms with E-state index in [2.05, 4.69) is 15.2 Å². The first kappa shape index (κ1) is 13.2. The Bertz CT molecular complexity index is 388. The summed E-state index contributed by atoms with van der Waals surface area (Å²) in [6, 6.07) is 1.48. The summed E-state index contributed by atoms with van der Waals surface area (Å²) < 4.78 is 14.1. The van der Waals surface area contributed by atoms with Crippen LogP contribution in [0.15, 0.2) is 10.6 Å². The Morgan fingerprint density at radius 1 is 1.47 bits per heavy atom. The number of nitrogens with one attached hydrogen (secondary N) is 1. The molecule has 0 aromatic carbocycles. The first-order valence-electron chi connectivity index (χ1n) is 4.97. The van der Waals surface area contributed by atoms with Gasteiger partial charge in [0.25, 0.3) is 5.91 Å². The smallest absolute Gasteiger partial charge is 0.307 e. The molecule has 0 radical (unpaired) electrons. The molecule has 0 bridgehead atoms. The highest BCUT2D eigenvalue weighted by molar-refractivity contribution is 5.92. The number of methoxy groups -OCH3 is 2. The molecular weight excluding hydrogens is 228 g/mol. The fourth-order valence-electron chi connectivity index (χ4n) is 1.10. The van der Waals surface area contributed by atoms with E-state index < -0.39 is 5.91 Å². The van der Waals surface area contributed by atoms with E-state index in [1.807, 2.05) is 0 Å². The zero-order chi connectivity index (χ0) is 12.7. The number of aromatic nitrogens is 1. The molecule has 1 heterocycles. The van der Waals surface area contributed by atoms with Gasteiger partial charge < -0.3 is 19.3 Å². The largest absolute Gasteiger partial charge is 0.469 e. The van der Waals surface area contributed by atoms with Gasteiger partial charge in [-0.2, -0.15) is 0 Å². The number of hydrogen-bond donors (Lipinski definition) is 1. The van der Waals surface area contributed by atoms with Gasteiger partial charge in [0.1, 0.15) is 6.61 Å².